The van der Waals surface area contributed by atoms with Gasteiger partial charge in [-0.25, -0.2) is 4.98 Å². The van der Waals surface area contributed by atoms with Gasteiger partial charge < -0.3 is 15.8 Å². The van der Waals surface area contributed by atoms with Crippen LogP contribution in [0.3, 0.4) is 0 Å². The minimum atomic E-state index is -0.577. The summed E-state index contributed by atoms with van der Waals surface area (Å²) >= 11 is 0. The van der Waals surface area contributed by atoms with Gasteiger partial charge in [0.25, 0.3) is 5.91 Å². The molecule has 35 heavy (non-hydrogen) atoms. The van der Waals surface area contributed by atoms with Gasteiger partial charge in [0, 0.05) is 23.2 Å². The summed E-state index contributed by atoms with van der Waals surface area (Å²) in [5, 5.41) is 2.85. The molecule has 0 aliphatic carbocycles. The Bertz CT molecular complexity index is 1260. The number of nitrogen functional groups attached to an aromatic ring is 1. The van der Waals surface area contributed by atoms with Crippen molar-refractivity contribution in [1.82, 2.24) is 15.2 Å². The zero-order valence-corrected chi connectivity index (χ0v) is 19.6. The number of benzene rings is 2. The van der Waals surface area contributed by atoms with Crippen molar-refractivity contribution in [3.8, 4) is 22.3 Å². The summed E-state index contributed by atoms with van der Waals surface area (Å²) in [5.41, 5.74) is 11.8. The summed E-state index contributed by atoms with van der Waals surface area (Å²) in [4.78, 5) is 18.6. The van der Waals surface area contributed by atoms with Crippen molar-refractivity contribution in [2.24, 2.45) is 0 Å². The number of amides is 1. The number of nitrogens with one attached hydrogen (secondary N) is 1. The number of carbonyl (C=O) groups is 1. The lowest BCUT2D eigenvalue weighted by molar-refractivity contribution is -0.0712. The predicted molar refractivity (Wildman–Crippen MR) is 134 cm³/mol. The Balaban J connectivity index is 1.24. The van der Waals surface area contributed by atoms with Gasteiger partial charge in [0.1, 0.15) is 5.82 Å². The number of ether oxygens (including phenoxy) is 1. The number of hydrogen-bond acceptors (Lipinski definition) is 5. The van der Waals surface area contributed by atoms with Crippen LogP contribution >= 0.6 is 0 Å². The van der Waals surface area contributed by atoms with Crippen LogP contribution < -0.4 is 11.1 Å². The van der Waals surface area contributed by atoms with E-state index in [9.17, 15) is 9.18 Å². The van der Waals surface area contributed by atoms with Crippen LogP contribution in [0, 0.1) is 5.95 Å². The third kappa shape index (κ3) is 4.19. The van der Waals surface area contributed by atoms with Crippen LogP contribution in [0.4, 0.5) is 10.2 Å². The highest BCUT2D eigenvalue weighted by Crippen LogP contribution is 2.35. The van der Waals surface area contributed by atoms with E-state index >= 15 is 0 Å². The summed E-state index contributed by atoms with van der Waals surface area (Å²) in [6, 6.07) is 16.2. The molecule has 2 aromatic carbocycles. The number of pyridine rings is 1. The average molecular weight is 473 g/mol. The lowest BCUT2D eigenvalue weighted by Gasteiger charge is -2.41. The molecule has 1 aromatic heterocycles. The molecule has 2 fully saturated rings. The third-order valence-electron chi connectivity index (χ3n) is 7.71. The van der Waals surface area contributed by atoms with E-state index in [-0.39, 0.29) is 11.7 Å². The number of hydrogen-bond donors (Lipinski definition) is 2. The topological polar surface area (TPSA) is 80.5 Å². The number of nitrogens with zero attached hydrogens (tertiary/aromatic N) is 2. The van der Waals surface area contributed by atoms with Crippen molar-refractivity contribution in [3.05, 3.63) is 71.2 Å². The first-order valence-corrected chi connectivity index (χ1v) is 12.4. The Morgan fingerprint density at radius 3 is 2.43 bits per heavy atom. The van der Waals surface area contributed by atoms with E-state index in [4.69, 9.17) is 10.5 Å². The fourth-order valence-electron chi connectivity index (χ4n) is 5.50. The van der Waals surface area contributed by atoms with E-state index in [1.54, 1.807) is 12.1 Å². The molecule has 6 rings (SSSR count). The molecule has 1 amide bonds. The molecule has 0 radical (unpaired) electrons. The number of aromatic nitrogens is 1. The SMILES string of the molecule is Nc1nc(F)c(-c2ccc(C3CCN(C4COC4)CC3)cc2)cc1-c1ccc2c(c1)CCNC2=O. The van der Waals surface area contributed by atoms with E-state index < -0.39 is 5.95 Å². The van der Waals surface area contributed by atoms with Crippen LogP contribution in [0.25, 0.3) is 22.3 Å². The van der Waals surface area contributed by atoms with Gasteiger partial charge in [0.05, 0.1) is 19.3 Å². The van der Waals surface area contributed by atoms with Crippen molar-refractivity contribution in [3.63, 3.8) is 0 Å². The number of fused-ring (bicyclic) bond motifs is 1. The molecule has 0 saturated carbocycles. The minimum absolute atomic E-state index is 0.0634. The summed E-state index contributed by atoms with van der Waals surface area (Å²) in [6.45, 7) is 4.54. The maximum absolute atomic E-state index is 14.9. The first-order valence-electron chi connectivity index (χ1n) is 12.4. The van der Waals surface area contributed by atoms with E-state index in [2.05, 4.69) is 27.3 Å². The minimum Gasteiger partial charge on any atom is -0.383 e. The molecule has 0 atom stereocenters. The number of nitrogens with two attached hydrogens (primary N) is 1. The number of carbonyl (C=O) groups excluding carboxylic acids is 1. The largest absolute Gasteiger partial charge is 0.383 e. The van der Waals surface area contributed by atoms with E-state index in [1.807, 2.05) is 24.3 Å². The molecule has 0 unspecified atom stereocenters. The summed E-state index contributed by atoms with van der Waals surface area (Å²) in [5.74, 6) is 0.0320. The fourth-order valence-corrected chi connectivity index (χ4v) is 5.50. The van der Waals surface area contributed by atoms with Gasteiger partial charge in [-0.3, -0.25) is 9.69 Å². The highest BCUT2D eigenvalue weighted by Gasteiger charge is 2.30. The van der Waals surface area contributed by atoms with Crippen LogP contribution in [-0.4, -0.2) is 54.7 Å². The molecule has 3 aliphatic heterocycles. The normalized spacial score (nSPS) is 19.2. The molecule has 2 saturated heterocycles. The summed E-state index contributed by atoms with van der Waals surface area (Å²) < 4.78 is 20.2. The van der Waals surface area contributed by atoms with Crippen molar-refractivity contribution in [2.45, 2.75) is 31.2 Å². The predicted octanol–water partition coefficient (Wildman–Crippen LogP) is 4.00. The molecular formula is C28H29FN4O2. The highest BCUT2D eigenvalue weighted by atomic mass is 19.1. The monoisotopic (exact) mass is 472 g/mol. The summed E-state index contributed by atoms with van der Waals surface area (Å²) in [7, 11) is 0. The number of piperidine rings is 1. The Morgan fingerprint density at radius 2 is 1.71 bits per heavy atom. The van der Waals surface area contributed by atoms with Crippen molar-refractivity contribution >= 4 is 11.7 Å². The Hall–Kier alpha value is -3.29. The van der Waals surface area contributed by atoms with Gasteiger partial charge >= 0.3 is 0 Å². The second kappa shape index (κ2) is 9.06. The fraction of sp³-hybridized carbons (Fsp3) is 0.357. The van der Waals surface area contributed by atoms with Gasteiger partial charge in [-0.05, 0) is 72.7 Å². The Labute approximate surface area is 204 Å². The lowest BCUT2D eigenvalue weighted by atomic mass is 9.87. The number of likely N-dealkylation sites (tertiary alicyclic amines) is 1. The molecule has 3 aliphatic rings. The van der Waals surface area contributed by atoms with Crippen molar-refractivity contribution in [1.29, 1.82) is 0 Å². The van der Waals surface area contributed by atoms with Gasteiger partial charge in [-0.2, -0.15) is 4.39 Å². The second-order valence-corrected chi connectivity index (χ2v) is 9.76. The molecular weight excluding hydrogens is 443 g/mol. The van der Waals surface area contributed by atoms with Gasteiger partial charge in [-0.1, -0.05) is 36.4 Å². The maximum atomic E-state index is 14.9. The zero-order chi connectivity index (χ0) is 23.9. The third-order valence-corrected chi connectivity index (χ3v) is 7.71. The Morgan fingerprint density at radius 1 is 0.971 bits per heavy atom. The molecule has 4 heterocycles. The Kier molecular flexibility index (Phi) is 5.74. The molecule has 3 aromatic rings. The van der Waals surface area contributed by atoms with E-state index in [0.717, 1.165) is 62.3 Å². The molecule has 180 valence electrons. The quantitative estimate of drug-likeness (QED) is 0.561. The van der Waals surface area contributed by atoms with Crippen LogP contribution in [0.15, 0.2) is 48.5 Å². The van der Waals surface area contributed by atoms with Gasteiger partial charge in [0.15, 0.2) is 0 Å². The molecule has 7 heteroatoms. The molecule has 3 N–H and O–H groups in total. The van der Waals surface area contributed by atoms with Crippen LogP contribution in [0.2, 0.25) is 0 Å². The van der Waals surface area contributed by atoms with E-state index in [0.29, 0.717) is 35.2 Å². The van der Waals surface area contributed by atoms with Gasteiger partial charge in [0.2, 0.25) is 5.95 Å². The molecule has 0 bridgehead atoms. The molecule has 6 nitrogen and oxygen atoms in total. The van der Waals surface area contributed by atoms with Crippen LogP contribution in [0.1, 0.15) is 40.2 Å². The van der Waals surface area contributed by atoms with Gasteiger partial charge in [-0.15, -0.1) is 0 Å². The summed E-state index contributed by atoms with van der Waals surface area (Å²) in [6.07, 6.45) is 3.02. The molecule has 0 spiro atoms. The smallest absolute Gasteiger partial charge is 0.251 e. The second-order valence-electron chi connectivity index (χ2n) is 9.76. The van der Waals surface area contributed by atoms with Crippen LogP contribution in [-0.2, 0) is 11.2 Å². The first-order chi connectivity index (χ1) is 17.1. The highest BCUT2D eigenvalue weighted by molar-refractivity contribution is 5.97. The number of halogens is 1. The van der Waals surface area contributed by atoms with Crippen LogP contribution in [0.5, 0.6) is 0 Å². The van der Waals surface area contributed by atoms with E-state index in [1.165, 1.54) is 5.56 Å². The van der Waals surface area contributed by atoms with Crippen molar-refractivity contribution in [2.75, 3.05) is 38.6 Å². The average Bonchev–Trinajstić information content (AvgIpc) is 2.84. The standard InChI is InChI=1S/C28H29FN4O2/c29-26-24(14-25(27(30)32-26)20-5-6-23-21(13-20)7-10-31-28(23)34)19-3-1-17(2-4-19)18-8-11-33(12-9-18)22-15-35-16-22/h1-6,13-14,18,22H,7-12,15-16H2,(H2,30,32)(H,31,34). The zero-order valence-electron chi connectivity index (χ0n) is 19.6. The lowest BCUT2D eigenvalue weighted by Crippen LogP contribution is -2.51. The first kappa shape index (κ1) is 22.2. The van der Waals surface area contributed by atoms with Crippen molar-refractivity contribution < 1.29 is 13.9 Å². The maximum Gasteiger partial charge on any atom is 0.251 e. The number of rotatable bonds is 4. The number of anilines is 1.